The SMILES string of the molecule is CC(OC(=O)Nc1ccc(-c2c(C#N)c3ccc(Oc4ncncn4)cc3n2C2CC2)cc1)C1CC1. The molecule has 0 aliphatic heterocycles. The Labute approximate surface area is 207 Å². The van der Waals surface area contributed by atoms with E-state index in [9.17, 15) is 10.1 Å². The fraction of sp³-hybridized carbons (Fsp3) is 0.296. The fourth-order valence-corrected chi connectivity index (χ4v) is 4.54. The van der Waals surface area contributed by atoms with Crippen molar-refractivity contribution in [2.45, 2.75) is 44.8 Å². The highest BCUT2D eigenvalue weighted by Gasteiger charge is 2.32. The molecule has 2 aromatic heterocycles. The van der Waals surface area contributed by atoms with Gasteiger partial charge < -0.3 is 14.0 Å². The molecule has 1 unspecified atom stereocenters. The normalized spacial score (nSPS) is 15.8. The highest BCUT2D eigenvalue weighted by molar-refractivity contribution is 5.96. The number of carbonyl (C=O) groups excluding carboxylic acids is 1. The second-order valence-electron chi connectivity index (χ2n) is 9.29. The summed E-state index contributed by atoms with van der Waals surface area (Å²) < 4.78 is 13.5. The van der Waals surface area contributed by atoms with Crippen molar-refractivity contribution in [3.8, 4) is 29.1 Å². The standard InChI is InChI=1S/C27H24N6O3/c1-16(17-2-3-17)35-27(34)32-19-6-4-18(5-7-19)25-23(13-28)22-11-10-21(36-26-30-14-29-15-31-26)12-24(22)33(25)20-8-9-20/h4-7,10-12,14-17,20H,2-3,8-9H2,1H3,(H,32,34). The molecule has 0 bridgehead atoms. The van der Waals surface area contributed by atoms with E-state index in [0.29, 0.717) is 29.0 Å². The smallest absolute Gasteiger partial charge is 0.411 e. The molecule has 2 aliphatic carbocycles. The monoisotopic (exact) mass is 480 g/mol. The third-order valence-corrected chi connectivity index (χ3v) is 6.66. The summed E-state index contributed by atoms with van der Waals surface area (Å²) in [5.74, 6) is 1.07. The maximum absolute atomic E-state index is 12.2. The Morgan fingerprint density at radius 3 is 2.53 bits per heavy atom. The molecule has 0 saturated heterocycles. The zero-order valence-corrected chi connectivity index (χ0v) is 19.7. The van der Waals surface area contributed by atoms with E-state index in [1.165, 1.54) is 12.7 Å². The lowest BCUT2D eigenvalue weighted by atomic mass is 10.1. The van der Waals surface area contributed by atoms with Crippen LogP contribution in [0.2, 0.25) is 0 Å². The van der Waals surface area contributed by atoms with Crippen LogP contribution in [0.5, 0.6) is 11.8 Å². The van der Waals surface area contributed by atoms with Crippen LogP contribution in [0, 0.1) is 17.2 Å². The molecule has 1 atom stereocenters. The van der Waals surface area contributed by atoms with E-state index in [1.54, 1.807) is 0 Å². The van der Waals surface area contributed by atoms with Crippen molar-refractivity contribution in [1.29, 1.82) is 5.26 Å². The number of hydrogen-bond acceptors (Lipinski definition) is 7. The van der Waals surface area contributed by atoms with E-state index in [-0.39, 0.29) is 12.1 Å². The number of ether oxygens (including phenoxy) is 2. The summed E-state index contributed by atoms with van der Waals surface area (Å²) in [5, 5.41) is 13.8. The van der Waals surface area contributed by atoms with Crippen LogP contribution in [0.3, 0.4) is 0 Å². The molecule has 6 rings (SSSR count). The number of anilines is 1. The summed E-state index contributed by atoms with van der Waals surface area (Å²) in [4.78, 5) is 24.1. The first-order chi connectivity index (χ1) is 17.6. The van der Waals surface area contributed by atoms with Gasteiger partial charge in [-0.25, -0.2) is 9.78 Å². The average Bonchev–Trinajstić information content (AvgIpc) is 3.81. The van der Waals surface area contributed by atoms with Crippen LogP contribution in [0.4, 0.5) is 10.5 Å². The van der Waals surface area contributed by atoms with Crippen molar-refractivity contribution in [2.75, 3.05) is 5.32 Å². The summed E-state index contributed by atoms with van der Waals surface area (Å²) >= 11 is 0. The first kappa shape index (κ1) is 22.0. The first-order valence-electron chi connectivity index (χ1n) is 12.1. The average molecular weight is 481 g/mol. The molecule has 0 radical (unpaired) electrons. The first-order valence-corrected chi connectivity index (χ1v) is 12.1. The van der Waals surface area contributed by atoms with Gasteiger partial charge >= 0.3 is 12.1 Å². The van der Waals surface area contributed by atoms with Gasteiger partial charge in [0.1, 0.15) is 30.6 Å². The molecular formula is C27H24N6O3. The molecule has 4 aromatic rings. The van der Waals surface area contributed by atoms with E-state index in [4.69, 9.17) is 9.47 Å². The second kappa shape index (κ2) is 8.96. The molecule has 2 saturated carbocycles. The Hall–Kier alpha value is -4.45. The maximum atomic E-state index is 12.2. The molecule has 0 spiro atoms. The minimum atomic E-state index is -0.447. The van der Waals surface area contributed by atoms with Gasteiger partial charge in [0.05, 0.1) is 16.8 Å². The van der Waals surface area contributed by atoms with Gasteiger partial charge in [0.2, 0.25) is 0 Å². The van der Waals surface area contributed by atoms with E-state index in [2.05, 4.69) is 30.9 Å². The molecule has 2 fully saturated rings. The van der Waals surface area contributed by atoms with Crippen molar-refractivity contribution < 1.29 is 14.3 Å². The number of aromatic nitrogens is 4. The van der Waals surface area contributed by atoms with Gasteiger partial charge in [-0.3, -0.25) is 5.32 Å². The second-order valence-corrected chi connectivity index (χ2v) is 9.29. The highest BCUT2D eigenvalue weighted by atomic mass is 16.6. The van der Waals surface area contributed by atoms with Crippen LogP contribution in [0.15, 0.2) is 55.1 Å². The van der Waals surface area contributed by atoms with Gasteiger partial charge in [0.25, 0.3) is 0 Å². The molecule has 9 nitrogen and oxygen atoms in total. The minimum absolute atomic E-state index is 0.0734. The van der Waals surface area contributed by atoms with Gasteiger partial charge in [0.15, 0.2) is 0 Å². The van der Waals surface area contributed by atoms with Crippen molar-refractivity contribution in [2.24, 2.45) is 5.92 Å². The van der Waals surface area contributed by atoms with Crippen LogP contribution >= 0.6 is 0 Å². The molecule has 2 aromatic carbocycles. The summed E-state index contributed by atoms with van der Waals surface area (Å²) in [7, 11) is 0. The lowest BCUT2D eigenvalue weighted by molar-refractivity contribution is 0.108. The molecule has 1 N–H and O–H groups in total. The van der Waals surface area contributed by atoms with Gasteiger partial charge in [-0.05, 0) is 68.4 Å². The Balaban J connectivity index is 1.32. The number of rotatable bonds is 7. The van der Waals surface area contributed by atoms with E-state index < -0.39 is 6.09 Å². The van der Waals surface area contributed by atoms with Crippen LogP contribution < -0.4 is 10.1 Å². The van der Waals surface area contributed by atoms with Crippen molar-refractivity contribution in [3.05, 3.63) is 60.7 Å². The number of hydrogen-bond donors (Lipinski definition) is 1. The molecule has 2 heterocycles. The Bertz CT molecular complexity index is 1470. The quantitative estimate of drug-likeness (QED) is 0.353. The van der Waals surface area contributed by atoms with Crippen LogP contribution in [0.25, 0.3) is 22.2 Å². The number of fused-ring (bicyclic) bond motifs is 1. The van der Waals surface area contributed by atoms with Crippen LogP contribution in [0.1, 0.15) is 44.2 Å². The van der Waals surface area contributed by atoms with Crippen LogP contribution in [-0.4, -0.2) is 31.7 Å². The summed E-state index contributed by atoms with van der Waals surface area (Å²) in [5.41, 5.74) is 3.95. The number of carbonyl (C=O) groups is 1. The van der Waals surface area contributed by atoms with E-state index in [1.807, 2.05) is 49.4 Å². The zero-order valence-electron chi connectivity index (χ0n) is 19.7. The number of amides is 1. The Morgan fingerprint density at radius 2 is 1.86 bits per heavy atom. The Morgan fingerprint density at radius 1 is 1.11 bits per heavy atom. The van der Waals surface area contributed by atoms with Gasteiger partial charge in [-0.1, -0.05) is 12.1 Å². The summed E-state index contributed by atoms with van der Waals surface area (Å²) in [6.07, 6.45) is 6.57. The van der Waals surface area contributed by atoms with Gasteiger partial charge in [-0.15, -0.1) is 0 Å². The molecule has 2 aliphatic rings. The minimum Gasteiger partial charge on any atom is -0.446 e. The molecule has 9 heteroatoms. The number of nitriles is 1. The van der Waals surface area contributed by atoms with E-state index >= 15 is 0 Å². The number of nitrogens with one attached hydrogen (secondary N) is 1. The topological polar surface area (TPSA) is 115 Å². The molecule has 180 valence electrons. The van der Waals surface area contributed by atoms with Crippen molar-refractivity contribution >= 4 is 22.7 Å². The predicted octanol–water partition coefficient (Wildman–Crippen LogP) is 5.84. The van der Waals surface area contributed by atoms with Crippen LogP contribution in [-0.2, 0) is 4.74 Å². The lowest BCUT2D eigenvalue weighted by Gasteiger charge is -2.14. The van der Waals surface area contributed by atoms with Gasteiger partial charge in [-0.2, -0.15) is 15.2 Å². The summed E-state index contributed by atoms with van der Waals surface area (Å²) in [6, 6.07) is 16.1. The zero-order chi connectivity index (χ0) is 24.6. The maximum Gasteiger partial charge on any atom is 0.411 e. The van der Waals surface area contributed by atoms with Gasteiger partial charge in [0, 0.05) is 23.2 Å². The molecule has 1 amide bonds. The van der Waals surface area contributed by atoms with E-state index in [0.717, 1.165) is 47.8 Å². The lowest BCUT2D eigenvalue weighted by Crippen LogP contribution is -2.21. The summed E-state index contributed by atoms with van der Waals surface area (Å²) in [6.45, 7) is 1.93. The fourth-order valence-electron chi connectivity index (χ4n) is 4.54. The highest BCUT2D eigenvalue weighted by Crippen LogP contribution is 2.45. The Kier molecular flexibility index (Phi) is 5.49. The number of benzene rings is 2. The van der Waals surface area contributed by atoms with Crippen molar-refractivity contribution in [1.82, 2.24) is 19.5 Å². The third-order valence-electron chi connectivity index (χ3n) is 6.66. The predicted molar refractivity (Wildman–Crippen MR) is 133 cm³/mol. The third kappa shape index (κ3) is 4.33. The molecular weight excluding hydrogens is 456 g/mol. The molecule has 36 heavy (non-hydrogen) atoms. The van der Waals surface area contributed by atoms with Crippen molar-refractivity contribution in [3.63, 3.8) is 0 Å². The largest absolute Gasteiger partial charge is 0.446 e. The number of nitrogens with zero attached hydrogens (tertiary/aromatic N) is 5.